The Kier molecular flexibility index (Phi) is 12.7. The lowest BCUT2D eigenvalue weighted by Crippen LogP contribution is -2.41. The Balaban J connectivity index is 2.22. The Morgan fingerprint density at radius 2 is 1.50 bits per heavy atom. The summed E-state index contributed by atoms with van der Waals surface area (Å²) in [5.41, 5.74) is -2.72. The van der Waals surface area contributed by atoms with Crippen LogP contribution in [0.25, 0.3) is 11.1 Å². The number of carbonyl (C=O) groups is 2. The fraction of sp³-hybridized carbons (Fsp3) is 0.472. The Labute approximate surface area is 286 Å². The Hall–Kier alpha value is -4.20. The van der Waals surface area contributed by atoms with E-state index in [2.05, 4.69) is 5.32 Å². The van der Waals surface area contributed by atoms with Gasteiger partial charge < -0.3 is 19.9 Å². The van der Waals surface area contributed by atoms with Crippen molar-refractivity contribution in [2.24, 2.45) is 5.92 Å². The number of aryl methyl sites for hydroxylation is 4. The van der Waals surface area contributed by atoms with Crippen molar-refractivity contribution in [1.82, 2.24) is 14.8 Å². The van der Waals surface area contributed by atoms with Gasteiger partial charge in [0.15, 0.2) is 0 Å². The lowest BCUT2D eigenvalue weighted by Gasteiger charge is -2.27. The molecule has 3 aromatic rings. The second-order valence-corrected chi connectivity index (χ2v) is 13.4. The van der Waals surface area contributed by atoms with Crippen LogP contribution in [0.4, 0.5) is 30.7 Å². The first-order chi connectivity index (χ1) is 23.0. The van der Waals surface area contributed by atoms with Gasteiger partial charge in [-0.05, 0) is 107 Å². The number of amides is 1. The van der Waals surface area contributed by atoms with Crippen LogP contribution in [0.2, 0.25) is 0 Å². The predicted molar refractivity (Wildman–Crippen MR) is 175 cm³/mol. The van der Waals surface area contributed by atoms with Crippen molar-refractivity contribution in [3.05, 3.63) is 91.6 Å². The van der Waals surface area contributed by atoms with E-state index in [1.807, 2.05) is 0 Å². The van der Waals surface area contributed by atoms with E-state index in [1.54, 1.807) is 65.7 Å². The molecule has 1 heterocycles. The first-order valence-corrected chi connectivity index (χ1v) is 16.0. The molecule has 2 N–H and O–H groups in total. The molecule has 2 atom stereocenters. The summed E-state index contributed by atoms with van der Waals surface area (Å²) in [6, 6.07) is 2.17. The van der Waals surface area contributed by atoms with Crippen molar-refractivity contribution in [3.8, 4) is 11.1 Å². The predicted octanol–water partition coefficient (Wildman–Crippen LogP) is 8.03. The summed E-state index contributed by atoms with van der Waals surface area (Å²) < 4.78 is 101. The highest BCUT2D eigenvalue weighted by Gasteiger charge is 2.39. The minimum atomic E-state index is -5.20. The number of nitrogens with zero attached hydrogens (tertiary/aromatic N) is 2. The fourth-order valence-corrected chi connectivity index (χ4v) is 6.25. The van der Waals surface area contributed by atoms with E-state index < -0.39 is 70.8 Å². The zero-order valence-electron chi connectivity index (χ0n) is 28.9. The van der Waals surface area contributed by atoms with Crippen LogP contribution in [-0.2, 0) is 28.4 Å². The number of pyridine rings is 1. The number of nitrogens with one attached hydrogen (secondary N) is 1. The molecule has 1 unspecified atom stereocenters. The summed E-state index contributed by atoms with van der Waals surface area (Å²) in [7, 11) is 3.48. The summed E-state index contributed by atoms with van der Waals surface area (Å²) in [5.74, 6) is -4.77. The van der Waals surface area contributed by atoms with Crippen molar-refractivity contribution >= 4 is 11.9 Å². The van der Waals surface area contributed by atoms with Crippen LogP contribution in [0.5, 0.6) is 0 Å². The van der Waals surface area contributed by atoms with E-state index in [4.69, 9.17) is 0 Å². The summed E-state index contributed by atoms with van der Waals surface area (Å²) in [6.45, 7) is 8.89. The average molecular weight is 714 g/mol. The van der Waals surface area contributed by atoms with Crippen LogP contribution in [-0.4, -0.2) is 47.1 Å². The van der Waals surface area contributed by atoms with Crippen LogP contribution < -0.4 is 10.9 Å². The lowest BCUT2D eigenvalue weighted by atomic mass is 9.89. The largest absolute Gasteiger partial charge is 0.481 e. The lowest BCUT2D eigenvalue weighted by molar-refractivity contribution is -0.140. The molecule has 0 saturated heterocycles. The molecule has 7 nitrogen and oxygen atoms in total. The van der Waals surface area contributed by atoms with E-state index in [0.29, 0.717) is 35.4 Å². The van der Waals surface area contributed by atoms with E-state index >= 15 is 4.39 Å². The Morgan fingerprint density at radius 1 is 0.920 bits per heavy atom. The molecule has 274 valence electrons. The Morgan fingerprint density at radius 3 is 2.00 bits per heavy atom. The third-order valence-corrected chi connectivity index (χ3v) is 8.30. The maximum Gasteiger partial charge on any atom is 0.419 e. The second kappa shape index (κ2) is 15.8. The van der Waals surface area contributed by atoms with Crippen LogP contribution in [0.1, 0.15) is 84.1 Å². The standard InChI is InChI=1S/C36H42F7N3O4/c1-19(2)11-29(46-18-23(9-8-10-45(6)7)26(16-30(46)47)35(38,39)40)34(50)44-28(17-31(48)49)25-14-24(15-27(33(25)37)36(41,42)43)32-21(4)12-20(3)13-22(32)5/h12-16,18-19,28-29H,8-11,17H2,1-7H3,(H,44,50)(H,48,49)/t28-,29?/m0/s1. The highest BCUT2D eigenvalue weighted by Crippen LogP contribution is 2.40. The highest BCUT2D eigenvalue weighted by molar-refractivity contribution is 5.82. The summed E-state index contributed by atoms with van der Waals surface area (Å²) in [6.07, 6.45) is -10.1. The average Bonchev–Trinajstić information content (AvgIpc) is 2.94. The number of rotatable bonds is 13. The number of aliphatic carboxylic acids is 1. The minimum absolute atomic E-state index is 0.0616. The molecule has 1 aromatic heterocycles. The number of carbonyl (C=O) groups excluding carboxylic acids is 1. The van der Waals surface area contributed by atoms with Gasteiger partial charge in [0.25, 0.3) is 5.56 Å². The molecule has 0 aliphatic rings. The molecule has 0 fully saturated rings. The van der Waals surface area contributed by atoms with E-state index in [9.17, 15) is 45.8 Å². The first kappa shape index (κ1) is 40.2. The number of carboxylic acids is 1. The van der Waals surface area contributed by atoms with Gasteiger partial charge in [0.1, 0.15) is 11.9 Å². The smallest absolute Gasteiger partial charge is 0.419 e. The van der Waals surface area contributed by atoms with Crippen molar-refractivity contribution in [3.63, 3.8) is 0 Å². The zero-order valence-corrected chi connectivity index (χ0v) is 28.9. The molecule has 3 rings (SSSR count). The van der Waals surface area contributed by atoms with Crippen LogP contribution in [0.15, 0.2) is 41.3 Å². The number of hydrogen-bond donors (Lipinski definition) is 2. The molecule has 0 bridgehead atoms. The van der Waals surface area contributed by atoms with Gasteiger partial charge >= 0.3 is 18.3 Å². The van der Waals surface area contributed by atoms with Gasteiger partial charge in [0.2, 0.25) is 5.91 Å². The van der Waals surface area contributed by atoms with Crippen molar-refractivity contribution < 1.29 is 45.4 Å². The van der Waals surface area contributed by atoms with Gasteiger partial charge in [-0.3, -0.25) is 14.4 Å². The molecule has 1 amide bonds. The van der Waals surface area contributed by atoms with Crippen LogP contribution in [0.3, 0.4) is 0 Å². The molecular weight excluding hydrogens is 671 g/mol. The van der Waals surface area contributed by atoms with Crippen molar-refractivity contribution in [2.75, 3.05) is 20.6 Å². The fourth-order valence-electron chi connectivity index (χ4n) is 6.25. The number of benzene rings is 2. The highest BCUT2D eigenvalue weighted by atomic mass is 19.4. The van der Waals surface area contributed by atoms with E-state index in [-0.39, 0.29) is 36.3 Å². The maximum atomic E-state index is 15.8. The topological polar surface area (TPSA) is 91.6 Å². The second-order valence-electron chi connectivity index (χ2n) is 13.4. The number of aromatic nitrogens is 1. The number of alkyl halides is 6. The molecule has 0 saturated carbocycles. The maximum absolute atomic E-state index is 15.8. The van der Waals surface area contributed by atoms with E-state index in [1.165, 1.54) is 0 Å². The first-order valence-electron chi connectivity index (χ1n) is 16.0. The van der Waals surface area contributed by atoms with Crippen molar-refractivity contribution in [1.29, 1.82) is 0 Å². The third-order valence-electron chi connectivity index (χ3n) is 8.30. The molecule has 0 radical (unpaired) electrons. The Bertz CT molecular complexity index is 1760. The molecule has 0 aliphatic heterocycles. The zero-order chi connectivity index (χ0) is 37.9. The summed E-state index contributed by atoms with van der Waals surface area (Å²) in [4.78, 5) is 40.9. The van der Waals surface area contributed by atoms with Crippen molar-refractivity contribution in [2.45, 2.75) is 84.7 Å². The van der Waals surface area contributed by atoms with Crippen LogP contribution >= 0.6 is 0 Å². The van der Waals surface area contributed by atoms with Gasteiger partial charge in [0, 0.05) is 17.8 Å². The molecular formula is C36H42F7N3O4. The van der Waals surface area contributed by atoms with Gasteiger partial charge in [-0.1, -0.05) is 31.5 Å². The van der Waals surface area contributed by atoms with E-state index in [0.717, 1.165) is 22.4 Å². The molecule has 2 aromatic carbocycles. The SMILES string of the molecule is Cc1cc(C)c(-c2cc([C@H](CC(=O)O)NC(=O)C(CC(C)C)n3cc(CCCN(C)C)c(C(F)(F)F)cc3=O)c(F)c(C(F)(F)F)c2)c(C)c1. The number of hydrogen-bond acceptors (Lipinski definition) is 4. The number of halogens is 7. The molecule has 0 aliphatic carbocycles. The molecule has 50 heavy (non-hydrogen) atoms. The summed E-state index contributed by atoms with van der Waals surface area (Å²) >= 11 is 0. The van der Waals surface area contributed by atoms with Crippen LogP contribution in [0, 0.1) is 32.5 Å². The van der Waals surface area contributed by atoms with Gasteiger partial charge in [-0.15, -0.1) is 0 Å². The van der Waals surface area contributed by atoms with Gasteiger partial charge in [0.05, 0.1) is 23.6 Å². The van der Waals surface area contributed by atoms with Gasteiger partial charge in [-0.2, -0.15) is 26.3 Å². The quantitative estimate of drug-likeness (QED) is 0.175. The number of carboxylic acid groups (broad SMARTS) is 1. The summed E-state index contributed by atoms with van der Waals surface area (Å²) in [5, 5.41) is 12.1. The minimum Gasteiger partial charge on any atom is -0.481 e. The monoisotopic (exact) mass is 713 g/mol. The molecule has 14 heteroatoms. The molecule has 0 spiro atoms. The third kappa shape index (κ3) is 9.95. The normalized spacial score (nSPS) is 13.5. The van der Waals surface area contributed by atoms with Gasteiger partial charge in [-0.25, -0.2) is 4.39 Å².